The van der Waals surface area contributed by atoms with Crippen molar-refractivity contribution in [1.82, 2.24) is 10.2 Å². The number of hydrogen-bond acceptors (Lipinski definition) is 4. The summed E-state index contributed by atoms with van der Waals surface area (Å²) in [6.07, 6.45) is 2.53. The second kappa shape index (κ2) is 8.05. The van der Waals surface area contributed by atoms with Crippen LogP contribution in [0.5, 0.6) is 0 Å². The van der Waals surface area contributed by atoms with E-state index in [4.69, 9.17) is 9.84 Å². The molecule has 1 fully saturated rings. The number of nitrogens with zero attached hydrogens (tertiary/aromatic N) is 1. The van der Waals surface area contributed by atoms with Gasteiger partial charge in [-0.25, -0.2) is 0 Å². The highest BCUT2D eigenvalue weighted by molar-refractivity contribution is 5.81. The summed E-state index contributed by atoms with van der Waals surface area (Å²) in [5.74, 6) is -0.755. The SMILES string of the molecule is COCCN(CC(=O)O)C(=O)CC1CCCNC1. The lowest BCUT2D eigenvalue weighted by Gasteiger charge is -2.26. The lowest BCUT2D eigenvalue weighted by molar-refractivity contribution is -0.145. The van der Waals surface area contributed by atoms with E-state index in [1.54, 1.807) is 0 Å². The van der Waals surface area contributed by atoms with Crippen LogP contribution < -0.4 is 5.32 Å². The van der Waals surface area contributed by atoms with Crippen molar-refractivity contribution in [2.45, 2.75) is 19.3 Å². The van der Waals surface area contributed by atoms with E-state index < -0.39 is 5.97 Å². The van der Waals surface area contributed by atoms with Crippen LogP contribution in [0.2, 0.25) is 0 Å². The predicted octanol–water partition coefficient (Wildman–Crippen LogP) is -0.0643. The predicted molar refractivity (Wildman–Crippen MR) is 66.3 cm³/mol. The van der Waals surface area contributed by atoms with E-state index >= 15 is 0 Å². The molecule has 1 heterocycles. The quantitative estimate of drug-likeness (QED) is 0.668. The molecule has 1 rings (SSSR count). The van der Waals surface area contributed by atoms with Crippen LogP contribution in [0.4, 0.5) is 0 Å². The molecule has 1 saturated heterocycles. The van der Waals surface area contributed by atoms with Gasteiger partial charge in [-0.15, -0.1) is 0 Å². The Morgan fingerprint density at radius 2 is 2.28 bits per heavy atom. The third-order valence-electron chi connectivity index (χ3n) is 3.11. The average Bonchev–Trinajstić information content (AvgIpc) is 2.35. The molecule has 1 aliphatic heterocycles. The first kappa shape index (κ1) is 14.9. The Kier molecular flexibility index (Phi) is 6.67. The number of piperidine rings is 1. The van der Waals surface area contributed by atoms with Gasteiger partial charge in [-0.2, -0.15) is 0 Å². The Labute approximate surface area is 107 Å². The maximum Gasteiger partial charge on any atom is 0.323 e. The Hall–Kier alpha value is -1.14. The van der Waals surface area contributed by atoms with E-state index in [9.17, 15) is 9.59 Å². The molecule has 0 radical (unpaired) electrons. The molecule has 104 valence electrons. The van der Waals surface area contributed by atoms with Crippen molar-refractivity contribution in [3.63, 3.8) is 0 Å². The molecule has 18 heavy (non-hydrogen) atoms. The van der Waals surface area contributed by atoms with Crippen LogP contribution in [-0.4, -0.2) is 61.8 Å². The van der Waals surface area contributed by atoms with Gasteiger partial charge in [-0.3, -0.25) is 9.59 Å². The highest BCUT2D eigenvalue weighted by atomic mass is 16.5. The van der Waals surface area contributed by atoms with E-state index in [1.165, 1.54) is 12.0 Å². The zero-order chi connectivity index (χ0) is 13.4. The number of nitrogens with one attached hydrogen (secondary N) is 1. The number of carboxylic acid groups (broad SMARTS) is 1. The number of amides is 1. The van der Waals surface area contributed by atoms with Crippen molar-refractivity contribution in [2.75, 3.05) is 39.9 Å². The van der Waals surface area contributed by atoms with Gasteiger partial charge in [-0.1, -0.05) is 0 Å². The fourth-order valence-electron chi connectivity index (χ4n) is 2.13. The summed E-state index contributed by atoms with van der Waals surface area (Å²) in [7, 11) is 1.54. The summed E-state index contributed by atoms with van der Waals surface area (Å²) >= 11 is 0. The molecule has 0 aromatic rings. The number of aliphatic carboxylic acids is 1. The molecule has 2 N–H and O–H groups in total. The summed E-state index contributed by atoms with van der Waals surface area (Å²) in [6.45, 7) is 2.30. The molecular formula is C12H22N2O4. The van der Waals surface area contributed by atoms with Crippen LogP contribution in [0, 0.1) is 5.92 Å². The van der Waals surface area contributed by atoms with Crippen LogP contribution in [-0.2, 0) is 14.3 Å². The molecule has 0 aromatic carbocycles. The number of rotatable bonds is 7. The minimum Gasteiger partial charge on any atom is -0.480 e. The van der Waals surface area contributed by atoms with Crippen LogP contribution >= 0.6 is 0 Å². The summed E-state index contributed by atoms with van der Waals surface area (Å²) < 4.78 is 4.89. The summed E-state index contributed by atoms with van der Waals surface area (Å²) in [5.41, 5.74) is 0. The molecule has 1 aliphatic rings. The maximum absolute atomic E-state index is 12.0. The van der Waals surface area contributed by atoms with E-state index in [1.807, 2.05) is 0 Å². The van der Waals surface area contributed by atoms with Crippen molar-refractivity contribution in [2.24, 2.45) is 5.92 Å². The van der Waals surface area contributed by atoms with Gasteiger partial charge in [0.2, 0.25) is 5.91 Å². The highest BCUT2D eigenvalue weighted by Gasteiger charge is 2.22. The van der Waals surface area contributed by atoms with Gasteiger partial charge < -0.3 is 20.1 Å². The lowest BCUT2D eigenvalue weighted by atomic mass is 9.95. The smallest absolute Gasteiger partial charge is 0.323 e. The largest absolute Gasteiger partial charge is 0.480 e. The first-order chi connectivity index (χ1) is 8.63. The van der Waals surface area contributed by atoms with E-state index in [0.29, 0.717) is 25.5 Å². The van der Waals surface area contributed by atoms with Crippen molar-refractivity contribution in [3.05, 3.63) is 0 Å². The zero-order valence-electron chi connectivity index (χ0n) is 10.9. The molecule has 0 bridgehead atoms. The molecule has 6 nitrogen and oxygen atoms in total. The minimum atomic E-state index is -0.985. The van der Waals surface area contributed by atoms with Gasteiger partial charge in [0.25, 0.3) is 0 Å². The van der Waals surface area contributed by atoms with Crippen LogP contribution in [0.1, 0.15) is 19.3 Å². The summed E-state index contributed by atoms with van der Waals surface area (Å²) in [4.78, 5) is 24.1. The van der Waals surface area contributed by atoms with E-state index in [2.05, 4.69) is 5.32 Å². The van der Waals surface area contributed by atoms with Crippen LogP contribution in [0.3, 0.4) is 0 Å². The monoisotopic (exact) mass is 258 g/mol. The average molecular weight is 258 g/mol. The van der Waals surface area contributed by atoms with E-state index in [-0.39, 0.29) is 12.5 Å². The molecule has 0 spiro atoms. The van der Waals surface area contributed by atoms with E-state index in [0.717, 1.165) is 25.9 Å². The van der Waals surface area contributed by atoms with Gasteiger partial charge >= 0.3 is 5.97 Å². The van der Waals surface area contributed by atoms with Crippen molar-refractivity contribution >= 4 is 11.9 Å². The minimum absolute atomic E-state index is 0.0943. The number of methoxy groups -OCH3 is 1. The Morgan fingerprint density at radius 3 is 2.83 bits per heavy atom. The molecule has 1 unspecified atom stereocenters. The topological polar surface area (TPSA) is 78.9 Å². The van der Waals surface area contributed by atoms with Crippen molar-refractivity contribution < 1.29 is 19.4 Å². The second-order valence-corrected chi connectivity index (χ2v) is 4.62. The molecule has 0 saturated carbocycles. The fraction of sp³-hybridized carbons (Fsp3) is 0.833. The normalized spacial score (nSPS) is 19.5. The van der Waals surface area contributed by atoms with Gasteiger partial charge in [0.05, 0.1) is 6.61 Å². The molecule has 0 aliphatic carbocycles. The lowest BCUT2D eigenvalue weighted by Crippen LogP contribution is -2.40. The van der Waals surface area contributed by atoms with Gasteiger partial charge in [0.1, 0.15) is 6.54 Å². The Morgan fingerprint density at radius 1 is 1.50 bits per heavy atom. The second-order valence-electron chi connectivity index (χ2n) is 4.62. The molecule has 1 atom stereocenters. The standard InChI is InChI=1S/C12H22N2O4/c1-18-6-5-14(9-12(16)17)11(15)7-10-3-2-4-13-8-10/h10,13H,2-9H2,1H3,(H,16,17). The number of carbonyl (C=O) groups excluding carboxylic acids is 1. The maximum atomic E-state index is 12.0. The van der Waals surface area contributed by atoms with Crippen LogP contribution in [0.15, 0.2) is 0 Å². The van der Waals surface area contributed by atoms with Crippen molar-refractivity contribution in [1.29, 1.82) is 0 Å². The van der Waals surface area contributed by atoms with Crippen molar-refractivity contribution in [3.8, 4) is 0 Å². The Balaban J connectivity index is 2.43. The van der Waals surface area contributed by atoms with Gasteiger partial charge in [0, 0.05) is 20.1 Å². The first-order valence-corrected chi connectivity index (χ1v) is 6.32. The molecular weight excluding hydrogens is 236 g/mol. The van der Waals surface area contributed by atoms with Gasteiger partial charge in [0.15, 0.2) is 0 Å². The van der Waals surface area contributed by atoms with Gasteiger partial charge in [-0.05, 0) is 31.8 Å². The highest BCUT2D eigenvalue weighted by Crippen LogP contribution is 2.15. The third-order valence-corrected chi connectivity index (χ3v) is 3.11. The summed E-state index contributed by atoms with van der Waals surface area (Å²) in [5, 5.41) is 12.0. The number of carboxylic acids is 1. The zero-order valence-corrected chi connectivity index (χ0v) is 10.9. The fourth-order valence-corrected chi connectivity index (χ4v) is 2.13. The van der Waals surface area contributed by atoms with Crippen LogP contribution in [0.25, 0.3) is 0 Å². The first-order valence-electron chi connectivity index (χ1n) is 6.32. The number of carbonyl (C=O) groups is 2. The number of hydrogen-bond donors (Lipinski definition) is 2. The Bertz CT molecular complexity index is 277. The summed E-state index contributed by atoms with van der Waals surface area (Å²) in [6, 6.07) is 0. The molecule has 0 aromatic heterocycles. The molecule has 1 amide bonds. The number of ether oxygens (including phenoxy) is 1. The molecule has 6 heteroatoms. The third kappa shape index (κ3) is 5.46.